The third-order valence-corrected chi connectivity index (χ3v) is 3.55. The van der Waals surface area contributed by atoms with Crippen molar-refractivity contribution in [3.05, 3.63) is 12.4 Å². The molecule has 7 nitrogen and oxygen atoms in total. The van der Waals surface area contributed by atoms with Crippen LogP contribution in [0.15, 0.2) is 12.4 Å². The van der Waals surface area contributed by atoms with Gasteiger partial charge in [-0.05, 0) is 40.5 Å². The van der Waals surface area contributed by atoms with Crippen LogP contribution >= 0.6 is 0 Å². The SMILES string of the molecule is CCOc1cc(OC[C@H]2CCCN(C(=O)OC(C)(C)C)C2)ncn1. The van der Waals surface area contributed by atoms with E-state index in [0.29, 0.717) is 31.5 Å². The smallest absolute Gasteiger partial charge is 0.410 e. The van der Waals surface area contributed by atoms with E-state index in [1.807, 2.05) is 27.7 Å². The second-order valence-electron chi connectivity index (χ2n) is 6.87. The van der Waals surface area contributed by atoms with Crippen molar-refractivity contribution in [3.63, 3.8) is 0 Å². The maximum absolute atomic E-state index is 12.2. The summed E-state index contributed by atoms with van der Waals surface area (Å²) in [6, 6.07) is 1.68. The second kappa shape index (κ2) is 8.17. The maximum Gasteiger partial charge on any atom is 0.410 e. The van der Waals surface area contributed by atoms with Gasteiger partial charge in [-0.15, -0.1) is 0 Å². The quantitative estimate of drug-likeness (QED) is 0.822. The maximum atomic E-state index is 12.2. The van der Waals surface area contributed by atoms with Crippen LogP contribution in [0.1, 0.15) is 40.5 Å². The van der Waals surface area contributed by atoms with Crippen molar-refractivity contribution in [2.24, 2.45) is 5.92 Å². The molecule has 24 heavy (non-hydrogen) atoms. The summed E-state index contributed by atoms with van der Waals surface area (Å²) >= 11 is 0. The molecule has 0 N–H and O–H groups in total. The average Bonchev–Trinajstić information content (AvgIpc) is 2.52. The summed E-state index contributed by atoms with van der Waals surface area (Å²) in [4.78, 5) is 22.0. The summed E-state index contributed by atoms with van der Waals surface area (Å²) in [7, 11) is 0. The molecule has 0 radical (unpaired) electrons. The molecule has 7 heteroatoms. The summed E-state index contributed by atoms with van der Waals surface area (Å²) in [6.07, 6.45) is 3.13. The highest BCUT2D eigenvalue weighted by Crippen LogP contribution is 2.21. The summed E-state index contributed by atoms with van der Waals surface area (Å²) < 4.78 is 16.5. The van der Waals surface area contributed by atoms with E-state index in [1.54, 1.807) is 11.0 Å². The molecule has 0 saturated carbocycles. The highest BCUT2D eigenvalue weighted by molar-refractivity contribution is 5.68. The molecule has 2 rings (SSSR count). The zero-order chi connectivity index (χ0) is 17.6. The Bertz CT molecular complexity index is 545. The first kappa shape index (κ1) is 18.3. The first-order chi connectivity index (χ1) is 11.4. The van der Waals surface area contributed by atoms with Gasteiger partial charge in [0.1, 0.15) is 11.9 Å². The van der Waals surface area contributed by atoms with E-state index in [2.05, 4.69) is 9.97 Å². The van der Waals surface area contributed by atoms with E-state index in [1.165, 1.54) is 6.33 Å². The number of rotatable bonds is 5. The number of carbonyl (C=O) groups is 1. The Morgan fingerprint density at radius 3 is 2.67 bits per heavy atom. The monoisotopic (exact) mass is 337 g/mol. The van der Waals surface area contributed by atoms with Gasteiger partial charge in [-0.1, -0.05) is 0 Å². The van der Waals surface area contributed by atoms with Crippen molar-refractivity contribution in [1.82, 2.24) is 14.9 Å². The van der Waals surface area contributed by atoms with Crippen molar-refractivity contribution < 1.29 is 19.0 Å². The van der Waals surface area contributed by atoms with E-state index in [-0.39, 0.29) is 12.0 Å². The molecule has 0 unspecified atom stereocenters. The molecule has 1 aliphatic heterocycles. The minimum atomic E-state index is -0.475. The van der Waals surface area contributed by atoms with Crippen LogP contribution in [0.25, 0.3) is 0 Å². The summed E-state index contributed by atoms with van der Waals surface area (Å²) in [6.45, 7) is 9.94. The minimum Gasteiger partial charge on any atom is -0.478 e. The van der Waals surface area contributed by atoms with Gasteiger partial charge in [0.25, 0.3) is 0 Å². The third-order valence-electron chi connectivity index (χ3n) is 3.55. The van der Waals surface area contributed by atoms with E-state index in [0.717, 1.165) is 19.4 Å². The number of hydrogen-bond donors (Lipinski definition) is 0. The normalized spacial score (nSPS) is 18.2. The van der Waals surface area contributed by atoms with Crippen LogP contribution in [0.3, 0.4) is 0 Å². The molecule has 1 aromatic rings. The molecule has 1 fully saturated rings. The Morgan fingerprint density at radius 1 is 1.29 bits per heavy atom. The fraction of sp³-hybridized carbons (Fsp3) is 0.706. The lowest BCUT2D eigenvalue weighted by atomic mass is 9.99. The molecule has 1 atom stereocenters. The second-order valence-corrected chi connectivity index (χ2v) is 6.87. The summed E-state index contributed by atoms with van der Waals surface area (Å²) in [5.74, 6) is 1.25. The van der Waals surface area contributed by atoms with Gasteiger partial charge in [0.2, 0.25) is 11.8 Å². The van der Waals surface area contributed by atoms with Crippen LogP contribution < -0.4 is 9.47 Å². The van der Waals surface area contributed by atoms with Crippen LogP contribution in [0.2, 0.25) is 0 Å². The molecule has 1 saturated heterocycles. The van der Waals surface area contributed by atoms with Gasteiger partial charge in [-0.25, -0.2) is 14.8 Å². The first-order valence-electron chi connectivity index (χ1n) is 8.43. The number of aromatic nitrogens is 2. The minimum absolute atomic E-state index is 0.257. The Balaban J connectivity index is 1.84. The Hall–Kier alpha value is -2.05. The highest BCUT2D eigenvalue weighted by Gasteiger charge is 2.28. The number of hydrogen-bond acceptors (Lipinski definition) is 6. The van der Waals surface area contributed by atoms with Crippen molar-refractivity contribution in [2.45, 2.75) is 46.1 Å². The molecule has 0 bridgehead atoms. The number of ether oxygens (including phenoxy) is 3. The molecular formula is C17H27N3O4. The van der Waals surface area contributed by atoms with Crippen molar-refractivity contribution in [1.29, 1.82) is 0 Å². The number of carbonyl (C=O) groups excluding carboxylic acids is 1. The van der Waals surface area contributed by atoms with Gasteiger partial charge in [-0.2, -0.15) is 0 Å². The zero-order valence-electron chi connectivity index (χ0n) is 14.9. The van der Waals surface area contributed by atoms with Crippen molar-refractivity contribution in [2.75, 3.05) is 26.3 Å². The van der Waals surface area contributed by atoms with E-state index in [4.69, 9.17) is 14.2 Å². The lowest BCUT2D eigenvalue weighted by Gasteiger charge is -2.33. The predicted octanol–water partition coefficient (Wildman–Crippen LogP) is 2.90. The van der Waals surface area contributed by atoms with Gasteiger partial charge >= 0.3 is 6.09 Å². The van der Waals surface area contributed by atoms with Crippen LogP contribution in [0.4, 0.5) is 4.79 Å². The molecule has 2 heterocycles. The number of piperidine rings is 1. The van der Waals surface area contributed by atoms with Crippen LogP contribution in [0.5, 0.6) is 11.8 Å². The van der Waals surface area contributed by atoms with Crippen LogP contribution in [-0.2, 0) is 4.74 Å². The lowest BCUT2D eigenvalue weighted by Crippen LogP contribution is -2.44. The Labute approximate surface area is 143 Å². The molecule has 1 aliphatic rings. The molecule has 1 aromatic heterocycles. The Morgan fingerprint density at radius 2 is 2.00 bits per heavy atom. The largest absolute Gasteiger partial charge is 0.478 e. The molecule has 0 spiro atoms. The molecular weight excluding hydrogens is 310 g/mol. The standard InChI is InChI=1S/C17H27N3O4/c1-5-22-14-9-15(19-12-18-14)23-11-13-7-6-8-20(10-13)16(21)24-17(2,3)4/h9,12-13H,5-8,10-11H2,1-4H3/t13-/m0/s1. The van der Waals surface area contributed by atoms with E-state index < -0.39 is 5.60 Å². The van der Waals surface area contributed by atoms with E-state index >= 15 is 0 Å². The Kier molecular flexibility index (Phi) is 6.23. The van der Waals surface area contributed by atoms with E-state index in [9.17, 15) is 4.79 Å². The van der Waals surface area contributed by atoms with Crippen LogP contribution in [-0.4, -0.2) is 52.9 Å². The third kappa shape index (κ3) is 5.86. The van der Waals surface area contributed by atoms with Crippen molar-refractivity contribution in [3.8, 4) is 11.8 Å². The zero-order valence-corrected chi connectivity index (χ0v) is 14.9. The number of nitrogens with zero attached hydrogens (tertiary/aromatic N) is 3. The average molecular weight is 337 g/mol. The predicted molar refractivity (Wildman–Crippen MR) is 89.2 cm³/mol. The fourth-order valence-corrected chi connectivity index (χ4v) is 2.53. The van der Waals surface area contributed by atoms with Gasteiger partial charge in [0.05, 0.1) is 19.3 Å². The molecule has 134 valence electrons. The van der Waals surface area contributed by atoms with Crippen molar-refractivity contribution >= 4 is 6.09 Å². The molecule has 0 aliphatic carbocycles. The topological polar surface area (TPSA) is 73.8 Å². The first-order valence-corrected chi connectivity index (χ1v) is 8.43. The lowest BCUT2D eigenvalue weighted by molar-refractivity contribution is 0.0138. The van der Waals surface area contributed by atoms with Gasteiger partial charge in [-0.3, -0.25) is 0 Å². The van der Waals surface area contributed by atoms with Gasteiger partial charge in [0, 0.05) is 19.0 Å². The summed E-state index contributed by atoms with van der Waals surface area (Å²) in [5.41, 5.74) is -0.475. The van der Waals surface area contributed by atoms with Crippen LogP contribution in [0, 0.1) is 5.92 Å². The van der Waals surface area contributed by atoms with Gasteiger partial charge in [0.15, 0.2) is 0 Å². The number of likely N-dealkylation sites (tertiary alicyclic amines) is 1. The number of amides is 1. The highest BCUT2D eigenvalue weighted by atomic mass is 16.6. The fourth-order valence-electron chi connectivity index (χ4n) is 2.53. The summed E-state index contributed by atoms with van der Waals surface area (Å²) in [5, 5.41) is 0. The molecule has 0 aromatic carbocycles. The molecule has 1 amide bonds. The van der Waals surface area contributed by atoms with Gasteiger partial charge < -0.3 is 19.1 Å².